The summed E-state index contributed by atoms with van der Waals surface area (Å²) in [5, 5.41) is 9.36. The van der Waals surface area contributed by atoms with Crippen LogP contribution in [0.5, 0.6) is 0 Å². The van der Waals surface area contributed by atoms with Crippen LogP contribution in [0.3, 0.4) is 0 Å². The summed E-state index contributed by atoms with van der Waals surface area (Å²) in [6, 6.07) is 0. The van der Waals surface area contributed by atoms with E-state index in [-0.39, 0.29) is 4.05 Å². The number of ether oxygens (including phenoxy) is 1. The predicted molar refractivity (Wildman–Crippen MR) is 57.9 cm³/mol. The fourth-order valence-corrected chi connectivity index (χ4v) is 3.34. The second-order valence-corrected chi connectivity index (χ2v) is 7.86. The maximum absolute atomic E-state index is 12.9. The number of carbonyl (C=O) groups excluding carboxylic acids is 1. The molecule has 1 rings (SSSR count). The van der Waals surface area contributed by atoms with Crippen LogP contribution in [0.4, 0.5) is 26.3 Å². The molecule has 11 heteroatoms. The molecular weight excluding hydrogens is 435 g/mol. The summed E-state index contributed by atoms with van der Waals surface area (Å²) in [6.07, 6.45) is -14.8. The number of aliphatic hydroxyl groups is 1. The number of alkyl halides is 7. The minimum atomic E-state index is -6.03. The van der Waals surface area contributed by atoms with Gasteiger partial charge in [0, 0.05) is 0 Å². The van der Waals surface area contributed by atoms with E-state index < -0.39 is 63.3 Å². The van der Waals surface area contributed by atoms with Crippen LogP contribution in [0, 0.1) is 11.8 Å². The molecule has 1 aliphatic rings. The van der Waals surface area contributed by atoms with Gasteiger partial charge in [0.25, 0.3) is 0 Å². The standard InChI is InChI=1S/C11H15F6INO3/c1-4(2)6(22-8(20)5(3)7-18-19-7)9(21,10(12,13)14)11(15,16)17/h4-7,19,21H,1-3H3/q-1. The summed E-state index contributed by atoms with van der Waals surface area (Å²) >= 11 is -0.474. The quantitative estimate of drug-likeness (QED) is 0.107. The normalized spacial score (nSPS) is 22.8. The van der Waals surface area contributed by atoms with Gasteiger partial charge in [0.1, 0.15) is 0 Å². The van der Waals surface area contributed by atoms with Crippen LogP contribution in [0.15, 0.2) is 0 Å². The van der Waals surface area contributed by atoms with Gasteiger partial charge < -0.3 is 0 Å². The fourth-order valence-electron chi connectivity index (χ4n) is 1.76. The maximum atomic E-state index is 12.9. The Labute approximate surface area is 133 Å². The third-order valence-electron chi connectivity index (χ3n) is 3.17. The monoisotopic (exact) mass is 450 g/mol. The van der Waals surface area contributed by atoms with Gasteiger partial charge in [0.05, 0.1) is 0 Å². The zero-order valence-corrected chi connectivity index (χ0v) is 13.9. The predicted octanol–water partition coefficient (Wildman–Crippen LogP) is -1.02. The number of hydrogen-bond acceptors (Lipinski definition) is 4. The van der Waals surface area contributed by atoms with Crippen molar-refractivity contribution in [3.63, 3.8) is 0 Å². The van der Waals surface area contributed by atoms with Crippen molar-refractivity contribution in [2.45, 2.75) is 48.9 Å². The Bertz CT molecular complexity index is 407. The zero-order chi connectivity index (χ0) is 17.5. The van der Waals surface area contributed by atoms with E-state index >= 15 is 0 Å². The molecule has 0 aromatic heterocycles. The number of hydrogen-bond donors (Lipinski definition) is 2. The van der Waals surface area contributed by atoms with Crippen LogP contribution in [-0.2, 0) is 9.53 Å². The zero-order valence-electron chi connectivity index (χ0n) is 11.7. The van der Waals surface area contributed by atoms with Gasteiger partial charge in [0.2, 0.25) is 0 Å². The van der Waals surface area contributed by atoms with Gasteiger partial charge >= 0.3 is 133 Å². The van der Waals surface area contributed by atoms with E-state index in [0.717, 1.165) is 13.8 Å². The van der Waals surface area contributed by atoms with Gasteiger partial charge in [-0.3, -0.25) is 0 Å². The van der Waals surface area contributed by atoms with E-state index in [2.05, 4.69) is 8.27 Å². The van der Waals surface area contributed by atoms with Gasteiger partial charge in [0.15, 0.2) is 0 Å². The average Bonchev–Trinajstić information content (AvgIpc) is 3.14. The van der Waals surface area contributed by atoms with Crippen molar-refractivity contribution in [2.24, 2.45) is 11.8 Å². The summed E-state index contributed by atoms with van der Waals surface area (Å²) in [6.45, 7) is 3.37. The Morgan fingerprint density at radius 1 is 1.14 bits per heavy atom. The molecule has 132 valence electrons. The molecule has 0 aromatic carbocycles. The molecule has 1 fully saturated rings. The number of rotatable bonds is 5. The number of halogens is 7. The third-order valence-corrected chi connectivity index (χ3v) is 5.59. The van der Waals surface area contributed by atoms with Crippen molar-refractivity contribution in [1.82, 2.24) is 3.53 Å². The Morgan fingerprint density at radius 3 is 1.82 bits per heavy atom. The van der Waals surface area contributed by atoms with Gasteiger partial charge in [-0.1, -0.05) is 0 Å². The molecule has 3 atom stereocenters. The van der Waals surface area contributed by atoms with Crippen molar-refractivity contribution in [2.75, 3.05) is 0 Å². The number of carbonyl (C=O) groups is 1. The van der Waals surface area contributed by atoms with Crippen molar-refractivity contribution >= 4 is 5.97 Å². The first kappa shape index (κ1) is 19.7. The fraction of sp³-hybridized carbons (Fsp3) is 0.909. The van der Waals surface area contributed by atoms with Crippen LogP contribution in [0.2, 0.25) is 0 Å². The summed E-state index contributed by atoms with van der Waals surface area (Å²) in [7, 11) is 0. The minimum absolute atomic E-state index is 0.232. The molecule has 1 saturated heterocycles. The second kappa shape index (κ2) is 6.30. The summed E-state index contributed by atoms with van der Waals surface area (Å²) in [5.41, 5.74) is -5.12. The summed E-state index contributed by atoms with van der Waals surface area (Å²) in [5.74, 6) is -3.45. The van der Waals surface area contributed by atoms with Gasteiger partial charge in [-0.2, -0.15) is 0 Å². The van der Waals surface area contributed by atoms with Crippen LogP contribution in [-0.4, -0.2) is 39.2 Å². The first-order valence-electron chi connectivity index (χ1n) is 6.17. The van der Waals surface area contributed by atoms with Crippen molar-refractivity contribution in [1.29, 1.82) is 0 Å². The molecule has 0 radical (unpaired) electrons. The van der Waals surface area contributed by atoms with E-state index in [1.54, 1.807) is 0 Å². The Morgan fingerprint density at radius 2 is 1.55 bits per heavy atom. The summed E-state index contributed by atoms with van der Waals surface area (Å²) in [4.78, 5) is 11.7. The molecule has 1 heterocycles. The molecule has 0 saturated carbocycles. The van der Waals surface area contributed by atoms with Crippen LogP contribution in [0.1, 0.15) is 20.8 Å². The average molecular weight is 450 g/mol. The molecular formula is C11H15F6INO3-. The van der Waals surface area contributed by atoms with Gasteiger partial charge in [-0.15, -0.1) is 0 Å². The first-order chi connectivity index (χ1) is 9.73. The summed E-state index contributed by atoms with van der Waals surface area (Å²) < 4.78 is 84.2. The molecule has 0 amide bonds. The second-order valence-electron chi connectivity index (χ2n) is 5.27. The molecule has 0 spiro atoms. The van der Waals surface area contributed by atoms with Crippen LogP contribution >= 0.6 is 0 Å². The van der Waals surface area contributed by atoms with Crippen molar-refractivity contribution in [3.8, 4) is 0 Å². The molecule has 0 aliphatic carbocycles. The molecule has 2 N–H and O–H groups in total. The van der Waals surface area contributed by atoms with E-state index in [4.69, 9.17) is 0 Å². The van der Waals surface area contributed by atoms with Crippen molar-refractivity contribution in [3.05, 3.63) is 0 Å². The molecule has 0 bridgehead atoms. The third kappa shape index (κ3) is 3.78. The SMILES string of the molecule is CC(C)C(OC(=O)C(C)C1N[I-]1)C(O)(C(F)(F)F)C(F)(F)F. The Balaban J connectivity index is 3.12. The Hall–Kier alpha value is -0.300. The van der Waals surface area contributed by atoms with Gasteiger partial charge in [-0.25, -0.2) is 0 Å². The van der Waals surface area contributed by atoms with E-state index in [1.165, 1.54) is 6.92 Å². The molecule has 3 unspecified atom stereocenters. The van der Waals surface area contributed by atoms with Crippen LogP contribution in [0.25, 0.3) is 0 Å². The molecule has 1 aliphatic heterocycles. The topological polar surface area (TPSA) is 68.5 Å². The van der Waals surface area contributed by atoms with E-state index in [9.17, 15) is 36.2 Å². The van der Waals surface area contributed by atoms with Gasteiger partial charge in [-0.05, 0) is 0 Å². The van der Waals surface area contributed by atoms with E-state index in [0.29, 0.717) is 0 Å². The van der Waals surface area contributed by atoms with Crippen molar-refractivity contribution < 1.29 is 62.5 Å². The Kier molecular flexibility index (Phi) is 5.66. The number of esters is 1. The number of nitrogens with one attached hydrogen (secondary N) is 1. The first-order valence-corrected chi connectivity index (χ1v) is 8.50. The molecule has 0 aromatic rings. The van der Waals surface area contributed by atoms with E-state index in [1.807, 2.05) is 0 Å². The molecule has 4 nitrogen and oxygen atoms in total. The van der Waals surface area contributed by atoms with Crippen LogP contribution < -0.4 is 25.0 Å². The molecule has 22 heavy (non-hydrogen) atoms.